The Balaban J connectivity index is 1.88. The lowest BCUT2D eigenvalue weighted by Crippen LogP contribution is -2.23. The number of hydrogen-bond donors (Lipinski definition) is 1. The quantitative estimate of drug-likeness (QED) is 0.761. The molecule has 1 unspecified atom stereocenters. The number of fused-ring (bicyclic) bond motifs is 3. The first-order chi connectivity index (χ1) is 11.6. The molecule has 0 saturated carbocycles. The van der Waals surface area contributed by atoms with Crippen LogP contribution in [-0.2, 0) is 4.79 Å². The lowest BCUT2D eigenvalue weighted by atomic mass is 9.82. The number of amides is 1. The maximum Gasteiger partial charge on any atom is 0.225 e. The van der Waals surface area contributed by atoms with E-state index >= 15 is 0 Å². The van der Waals surface area contributed by atoms with Crippen molar-refractivity contribution in [2.75, 3.05) is 24.3 Å². The standard InChI is InChI=1S/C21H20N2O/c1-23(2)16-10-7-15(8-11-16)18-13-20(24)22-19-12-9-14-5-3-4-6-17(14)21(18)19/h3-12,18H,13H2,1-2H3,(H,22,24). The van der Waals surface area contributed by atoms with Gasteiger partial charge in [-0.3, -0.25) is 4.79 Å². The molecule has 24 heavy (non-hydrogen) atoms. The van der Waals surface area contributed by atoms with Gasteiger partial charge in [-0.2, -0.15) is 0 Å². The van der Waals surface area contributed by atoms with E-state index in [0.29, 0.717) is 6.42 Å². The van der Waals surface area contributed by atoms with E-state index in [-0.39, 0.29) is 11.8 Å². The Kier molecular flexibility index (Phi) is 3.49. The number of benzene rings is 3. The minimum atomic E-state index is 0.0828. The van der Waals surface area contributed by atoms with Gasteiger partial charge < -0.3 is 10.2 Å². The molecule has 3 aromatic rings. The molecule has 0 bridgehead atoms. The molecule has 1 atom stereocenters. The van der Waals surface area contributed by atoms with Gasteiger partial charge >= 0.3 is 0 Å². The molecule has 3 heteroatoms. The average molecular weight is 316 g/mol. The molecule has 1 aliphatic rings. The van der Waals surface area contributed by atoms with Crippen molar-refractivity contribution in [2.45, 2.75) is 12.3 Å². The molecule has 0 spiro atoms. The molecule has 0 fully saturated rings. The first kappa shape index (κ1) is 14.8. The highest BCUT2D eigenvalue weighted by Gasteiger charge is 2.28. The van der Waals surface area contributed by atoms with E-state index in [1.54, 1.807) is 0 Å². The van der Waals surface area contributed by atoms with Crippen LogP contribution in [0.15, 0.2) is 60.7 Å². The van der Waals surface area contributed by atoms with Crippen molar-refractivity contribution in [3.8, 4) is 0 Å². The van der Waals surface area contributed by atoms with E-state index < -0.39 is 0 Å². The van der Waals surface area contributed by atoms with Crippen LogP contribution in [0.3, 0.4) is 0 Å². The largest absolute Gasteiger partial charge is 0.378 e. The molecule has 0 aliphatic carbocycles. The van der Waals surface area contributed by atoms with Crippen LogP contribution in [0.4, 0.5) is 11.4 Å². The number of anilines is 2. The third-order valence-electron chi connectivity index (χ3n) is 4.79. The molecule has 3 nitrogen and oxygen atoms in total. The van der Waals surface area contributed by atoms with Crippen molar-refractivity contribution >= 4 is 28.1 Å². The zero-order valence-corrected chi connectivity index (χ0v) is 13.9. The number of carbonyl (C=O) groups is 1. The lowest BCUT2D eigenvalue weighted by molar-refractivity contribution is -0.116. The van der Waals surface area contributed by atoms with Crippen LogP contribution in [0.2, 0.25) is 0 Å². The number of rotatable bonds is 2. The summed E-state index contributed by atoms with van der Waals surface area (Å²) in [6, 6.07) is 21.0. The highest BCUT2D eigenvalue weighted by atomic mass is 16.1. The van der Waals surface area contributed by atoms with E-state index in [9.17, 15) is 4.79 Å². The molecule has 1 aliphatic heterocycles. The molecule has 1 amide bonds. The summed E-state index contributed by atoms with van der Waals surface area (Å²) < 4.78 is 0. The van der Waals surface area contributed by atoms with Crippen LogP contribution >= 0.6 is 0 Å². The maximum atomic E-state index is 12.2. The van der Waals surface area contributed by atoms with Crippen molar-refractivity contribution in [3.05, 3.63) is 71.8 Å². The Bertz CT molecular complexity index is 913. The van der Waals surface area contributed by atoms with Gasteiger partial charge in [-0.05, 0) is 40.1 Å². The number of nitrogens with one attached hydrogen (secondary N) is 1. The zero-order valence-electron chi connectivity index (χ0n) is 13.9. The summed E-state index contributed by atoms with van der Waals surface area (Å²) in [6.07, 6.45) is 0.488. The van der Waals surface area contributed by atoms with Gasteiger partial charge in [0.1, 0.15) is 0 Å². The third-order valence-corrected chi connectivity index (χ3v) is 4.79. The summed E-state index contributed by atoms with van der Waals surface area (Å²) in [5.41, 5.74) is 4.52. The van der Waals surface area contributed by atoms with Crippen LogP contribution in [0.5, 0.6) is 0 Å². The fourth-order valence-electron chi connectivity index (χ4n) is 3.56. The molecule has 0 radical (unpaired) electrons. The third kappa shape index (κ3) is 2.42. The summed E-state index contributed by atoms with van der Waals surface area (Å²) in [4.78, 5) is 14.3. The van der Waals surface area contributed by atoms with Gasteiger partial charge in [0.25, 0.3) is 0 Å². The van der Waals surface area contributed by atoms with Crippen LogP contribution in [0.1, 0.15) is 23.5 Å². The molecule has 0 aromatic heterocycles. The molecular formula is C21H20N2O. The number of carbonyl (C=O) groups excluding carboxylic acids is 1. The number of hydrogen-bond acceptors (Lipinski definition) is 2. The first-order valence-corrected chi connectivity index (χ1v) is 8.22. The van der Waals surface area contributed by atoms with Crippen molar-refractivity contribution in [2.24, 2.45) is 0 Å². The minimum Gasteiger partial charge on any atom is -0.378 e. The normalized spacial score (nSPS) is 16.6. The summed E-state index contributed by atoms with van der Waals surface area (Å²) >= 11 is 0. The van der Waals surface area contributed by atoms with Gasteiger partial charge in [0.05, 0.1) is 0 Å². The second-order valence-corrected chi connectivity index (χ2v) is 6.54. The van der Waals surface area contributed by atoms with E-state index in [1.165, 1.54) is 21.9 Å². The predicted octanol–water partition coefficient (Wildman–Crippen LogP) is 4.38. The Hall–Kier alpha value is -2.81. The lowest BCUT2D eigenvalue weighted by Gasteiger charge is -2.28. The van der Waals surface area contributed by atoms with Gasteiger partial charge in [-0.15, -0.1) is 0 Å². The Morgan fingerprint density at radius 3 is 2.46 bits per heavy atom. The first-order valence-electron chi connectivity index (χ1n) is 8.22. The van der Waals surface area contributed by atoms with Gasteiger partial charge in [0.15, 0.2) is 0 Å². The summed E-state index contributed by atoms with van der Waals surface area (Å²) in [6.45, 7) is 0. The van der Waals surface area contributed by atoms with E-state index in [4.69, 9.17) is 0 Å². The van der Waals surface area contributed by atoms with Crippen molar-refractivity contribution < 1.29 is 4.79 Å². The van der Waals surface area contributed by atoms with Gasteiger partial charge in [-0.1, -0.05) is 42.5 Å². The van der Waals surface area contributed by atoms with Crippen LogP contribution in [0.25, 0.3) is 10.8 Å². The van der Waals surface area contributed by atoms with Crippen LogP contribution in [-0.4, -0.2) is 20.0 Å². The van der Waals surface area contributed by atoms with Crippen molar-refractivity contribution in [3.63, 3.8) is 0 Å². The zero-order chi connectivity index (χ0) is 16.7. The Morgan fingerprint density at radius 2 is 1.71 bits per heavy atom. The summed E-state index contributed by atoms with van der Waals surface area (Å²) in [7, 11) is 4.07. The van der Waals surface area contributed by atoms with Gasteiger partial charge in [0.2, 0.25) is 5.91 Å². The fourth-order valence-corrected chi connectivity index (χ4v) is 3.56. The maximum absolute atomic E-state index is 12.2. The Morgan fingerprint density at radius 1 is 0.958 bits per heavy atom. The second kappa shape index (κ2) is 5.68. The van der Waals surface area contributed by atoms with Crippen molar-refractivity contribution in [1.82, 2.24) is 0 Å². The Labute approximate surface area is 141 Å². The molecular weight excluding hydrogens is 296 g/mol. The fraction of sp³-hybridized carbons (Fsp3) is 0.190. The summed E-state index contributed by atoms with van der Waals surface area (Å²) in [5, 5.41) is 5.46. The van der Waals surface area contributed by atoms with Crippen LogP contribution < -0.4 is 10.2 Å². The van der Waals surface area contributed by atoms with E-state index in [0.717, 1.165) is 11.4 Å². The minimum absolute atomic E-state index is 0.0828. The topological polar surface area (TPSA) is 32.3 Å². The molecule has 3 aromatic carbocycles. The highest BCUT2D eigenvalue weighted by molar-refractivity contribution is 6.01. The molecule has 4 rings (SSSR count). The molecule has 1 N–H and O–H groups in total. The van der Waals surface area contributed by atoms with Gasteiger partial charge in [0, 0.05) is 37.8 Å². The average Bonchev–Trinajstić information content (AvgIpc) is 2.60. The molecule has 120 valence electrons. The van der Waals surface area contributed by atoms with E-state index in [2.05, 4.69) is 64.8 Å². The van der Waals surface area contributed by atoms with Crippen molar-refractivity contribution in [1.29, 1.82) is 0 Å². The SMILES string of the molecule is CN(C)c1ccc(C2CC(=O)Nc3ccc4ccccc4c32)cc1. The summed E-state index contributed by atoms with van der Waals surface area (Å²) in [5.74, 6) is 0.176. The monoisotopic (exact) mass is 316 g/mol. The second-order valence-electron chi connectivity index (χ2n) is 6.54. The van der Waals surface area contributed by atoms with Gasteiger partial charge in [-0.25, -0.2) is 0 Å². The molecule has 0 saturated heterocycles. The highest BCUT2D eigenvalue weighted by Crippen LogP contribution is 2.41. The van der Waals surface area contributed by atoms with E-state index in [1.807, 2.05) is 20.2 Å². The van der Waals surface area contributed by atoms with Crippen LogP contribution in [0, 0.1) is 0 Å². The predicted molar refractivity (Wildman–Crippen MR) is 99.8 cm³/mol. The molecule has 1 heterocycles. The number of nitrogens with zero attached hydrogens (tertiary/aromatic N) is 1. The smallest absolute Gasteiger partial charge is 0.225 e.